The highest BCUT2D eigenvalue weighted by atomic mass is 16.5. The third kappa shape index (κ3) is 4.05. The van der Waals surface area contributed by atoms with E-state index in [-0.39, 0.29) is 23.3 Å². The van der Waals surface area contributed by atoms with Crippen LogP contribution in [0.4, 0.5) is 0 Å². The molecule has 1 aromatic heterocycles. The number of amides is 1. The zero-order valence-electron chi connectivity index (χ0n) is 16.5. The van der Waals surface area contributed by atoms with Crippen molar-refractivity contribution < 1.29 is 9.53 Å². The molecule has 0 radical (unpaired) electrons. The van der Waals surface area contributed by atoms with Crippen molar-refractivity contribution in [1.29, 1.82) is 0 Å². The van der Waals surface area contributed by atoms with Crippen molar-refractivity contribution in [3.8, 4) is 0 Å². The van der Waals surface area contributed by atoms with Gasteiger partial charge in [0.2, 0.25) is 5.91 Å². The molecule has 1 aromatic rings. The van der Waals surface area contributed by atoms with E-state index in [1.54, 1.807) is 0 Å². The van der Waals surface area contributed by atoms with Gasteiger partial charge in [-0.05, 0) is 18.4 Å². The maximum atomic E-state index is 13.1. The van der Waals surface area contributed by atoms with Crippen LogP contribution in [0.5, 0.6) is 0 Å². The summed E-state index contributed by atoms with van der Waals surface area (Å²) in [6, 6.07) is 0. The monoisotopic (exact) mass is 375 g/mol. The lowest BCUT2D eigenvalue weighted by molar-refractivity contribution is -0.126. The van der Waals surface area contributed by atoms with Gasteiger partial charge < -0.3 is 15.4 Å². The van der Waals surface area contributed by atoms with Gasteiger partial charge >= 0.3 is 0 Å². The number of rotatable bonds is 5. The summed E-state index contributed by atoms with van der Waals surface area (Å²) in [7, 11) is 1.93. The molecule has 150 valence electrons. The quantitative estimate of drug-likeness (QED) is 0.799. The average Bonchev–Trinajstić information content (AvgIpc) is 3.36. The van der Waals surface area contributed by atoms with Crippen LogP contribution in [0.15, 0.2) is 12.4 Å². The van der Waals surface area contributed by atoms with Crippen LogP contribution in [-0.2, 0) is 16.6 Å². The van der Waals surface area contributed by atoms with E-state index in [0.717, 1.165) is 51.5 Å². The fourth-order valence-electron chi connectivity index (χ4n) is 5.17. The number of nitrogens with zero attached hydrogens (tertiary/aromatic N) is 3. The Hall–Kier alpha value is -1.44. The number of hydrogen-bond acceptors (Lipinski definition) is 5. The lowest BCUT2D eigenvalue weighted by Crippen LogP contribution is -2.60. The molecule has 7 nitrogen and oxygen atoms in total. The van der Waals surface area contributed by atoms with Crippen molar-refractivity contribution in [1.82, 2.24) is 25.3 Å². The molecule has 0 aromatic carbocycles. The van der Waals surface area contributed by atoms with Crippen LogP contribution < -0.4 is 10.6 Å². The highest BCUT2D eigenvalue weighted by Gasteiger charge is 2.40. The predicted octanol–water partition coefficient (Wildman–Crippen LogP) is 0.874. The molecule has 27 heavy (non-hydrogen) atoms. The maximum absolute atomic E-state index is 13.1. The molecule has 3 aliphatic rings. The minimum atomic E-state index is -0.0143. The van der Waals surface area contributed by atoms with Crippen LogP contribution in [0.3, 0.4) is 0 Å². The second kappa shape index (κ2) is 8.29. The van der Waals surface area contributed by atoms with Crippen molar-refractivity contribution in [2.45, 2.75) is 43.6 Å². The van der Waals surface area contributed by atoms with Gasteiger partial charge in [0.1, 0.15) is 0 Å². The van der Waals surface area contributed by atoms with Crippen LogP contribution >= 0.6 is 0 Å². The number of carbonyl (C=O) groups is 1. The lowest BCUT2D eigenvalue weighted by atomic mass is 9.79. The molecule has 4 rings (SSSR count). The summed E-state index contributed by atoms with van der Waals surface area (Å²) in [4.78, 5) is 15.7. The van der Waals surface area contributed by atoms with E-state index in [2.05, 4.69) is 20.6 Å². The van der Waals surface area contributed by atoms with Gasteiger partial charge in [0, 0.05) is 57.4 Å². The second-order valence-electron chi connectivity index (χ2n) is 8.42. The second-order valence-corrected chi connectivity index (χ2v) is 8.42. The van der Waals surface area contributed by atoms with Crippen LogP contribution in [0.25, 0.3) is 0 Å². The Morgan fingerprint density at radius 3 is 2.78 bits per heavy atom. The van der Waals surface area contributed by atoms with Crippen molar-refractivity contribution in [2.24, 2.45) is 13.0 Å². The van der Waals surface area contributed by atoms with E-state index >= 15 is 0 Å². The van der Waals surface area contributed by atoms with E-state index in [1.807, 2.05) is 24.1 Å². The number of nitrogens with one attached hydrogen (secondary N) is 2. The number of morpholine rings is 1. The molecule has 1 amide bonds. The Morgan fingerprint density at radius 1 is 1.30 bits per heavy atom. The van der Waals surface area contributed by atoms with Crippen LogP contribution in [0.2, 0.25) is 0 Å². The molecule has 2 atom stereocenters. The summed E-state index contributed by atoms with van der Waals surface area (Å²) in [6.45, 7) is 5.95. The SMILES string of the molecule is Cn1cc([C@H]2CNC[C@@H]2C(=O)NCC2(N3CCOCC3)CCCCC2)cn1. The van der Waals surface area contributed by atoms with Gasteiger partial charge in [-0.3, -0.25) is 14.4 Å². The summed E-state index contributed by atoms with van der Waals surface area (Å²) in [5, 5.41) is 11.0. The van der Waals surface area contributed by atoms with E-state index in [9.17, 15) is 4.79 Å². The Labute approximate surface area is 161 Å². The highest BCUT2D eigenvalue weighted by molar-refractivity contribution is 5.80. The summed E-state index contributed by atoms with van der Waals surface area (Å²) in [5.41, 5.74) is 1.27. The van der Waals surface area contributed by atoms with Crippen LogP contribution in [0, 0.1) is 5.92 Å². The molecular weight excluding hydrogens is 342 g/mol. The first-order chi connectivity index (χ1) is 13.2. The summed E-state index contributed by atoms with van der Waals surface area (Å²) >= 11 is 0. The normalized spacial score (nSPS) is 28.9. The third-order valence-corrected chi connectivity index (χ3v) is 6.76. The molecule has 3 fully saturated rings. The average molecular weight is 376 g/mol. The molecule has 2 N–H and O–H groups in total. The molecule has 1 saturated carbocycles. The highest BCUT2D eigenvalue weighted by Crippen LogP contribution is 2.34. The van der Waals surface area contributed by atoms with E-state index in [1.165, 1.54) is 32.1 Å². The largest absolute Gasteiger partial charge is 0.379 e. The topological polar surface area (TPSA) is 71.4 Å². The van der Waals surface area contributed by atoms with Gasteiger partial charge in [-0.1, -0.05) is 19.3 Å². The Morgan fingerprint density at radius 2 is 2.07 bits per heavy atom. The predicted molar refractivity (Wildman–Crippen MR) is 104 cm³/mol. The van der Waals surface area contributed by atoms with E-state index in [4.69, 9.17) is 4.74 Å². The molecular formula is C20H33N5O2. The Kier molecular flexibility index (Phi) is 5.80. The fourth-order valence-corrected chi connectivity index (χ4v) is 5.17. The van der Waals surface area contributed by atoms with Crippen molar-refractivity contribution >= 4 is 5.91 Å². The van der Waals surface area contributed by atoms with E-state index < -0.39 is 0 Å². The smallest absolute Gasteiger partial charge is 0.225 e. The first kappa shape index (κ1) is 18.9. The minimum absolute atomic E-state index is 0.0143. The molecule has 0 bridgehead atoms. The van der Waals surface area contributed by atoms with Gasteiger partial charge in [0.05, 0.1) is 25.3 Å². The molecule has 3 heterocycles. The number of hydrogen-bond donors (Lipinski definition) is 2. The number of carbonyl (C=O) groups excluding carboxylic acids is 1. The number of aryl methyl sites for hydroxylation is 1. The zero-order chi connectivity index (χ0) is 18.7. The van der Waals surface area contributed by atoms with Crippen molar-refractivity contribution in [2.75, 3.05) is 45.9 Å². The molecule has 7 heteroatoms. The molecule has 0 unspecified atom stereocenters. The summed E-state index contributed by atoms with van der Waals surface area (Å²) < 4.78 is 7.38. The standard InChI is InChI=1S/C20H33N5O2/c1-24-14-16(11-23-24)17-12-21-13-18(17)19(26)22-15-20(5-3-2-4-6-20)25-7-9-27-10-8-25/h11,14,17-18,21H,2-10,12-13,15H2,1H3,(H,22,26)/t17-,18+/m1/s1. The molecule has 0 spiro atoms. The zero-order valence-corrected chi connectivity index (χ0v) is 16.5. The maximum Gasteiger partial charge on any atom is 0.225 e. The number of aromatic nitrogens is 2. The van der Waals surface area contributed by atoms with Crippen molar-refractivity contribution in [3.05, 3.63) is 18.0 Å². The lowest BCUT2D eigenvalue weighted by Gasteiger charge is -2.48. The first-order valence-corrected chi connectivity index (χ1v) is 10.5. The van der Waals surface area contributed by atoms with Crippen LogP contribution in [0.1, 0.15) is 43.6 Å². The Bertz CT molecular complexity index is 634. The summed E-state index contributed by atoms with van der Waals surface area (Å²) in [6.07, 6.45) is 10.1. The molecule has 2 aliphatic heterocycles. The molecule has 2 saturated heterocycles. The van der Waals surface area contributed by atoms with Gasteiger partial charge in [0.15, 0.2) is 0 Å². The fraction of sp³-hybridized carbons (Fsp3) is 0.800. The van der Waals surface area contributed by atoms with Crippen LogP contribution in [-0.4, -0.2) is 72.1 Å². The van der Waals surface area contributed by atoms with Gasteiger partial charge in [-0.15, -0.1) is 0 Å². The van der Waals surface area contributed by atoms with Gasteiger partial charge in [0.25, 0.3) is 0 Å². The Balaban J connectivity index is 1.41. The van der Waals surface area contributed by atoms with Crippen molar-refractivity contribution in [3.63, 3.8) is 0 Å². The van der Waals surface area contributed by atoms with Gasteiger partial charge in [-0.25, -0.2) is 0 Å². The minimum Gasteiger partial charge on any atom is -0.379 e. The number of ether oxygens (including phenoxy) is 1. The first-order valence-electron chi connectivity index (χ1n) is 10.5. The van der Waals surface area contributed by atoms with E-state index in [0.29, 0.717) is 0 Å². The third-order valence-electron chi connectivity index (χ3n) is 6.76. The summed E-state index contributed by atoms with van der Waals surface area (Å²) in [5.74, 6) is 0.385. The van der Waals surface area contributed by atoms with Gasteiger partial charge in [-0.2, -0.15) is 5.10 Å². The molecule has 1 aliphatic carbocycles.